The fourth-order valence-electron chi connectivity index (χ4n) is 1.25. The molecule has 1 aromatic heterocycles. The molecule has 90 valence electrons. The molecule has 16 heavy (non-hydrogen) atoms. The Morgan fingerprint density at radius 2 is 2.50 bits per heavy atom. The average molecular weight is 227 g/mol. The molecule has 0 saturated heterocycles. The molecule has 0 aliphatic heterocycles. The van der Waals surface area contributed by atoms with Crippen LogP contribution in [0.5, 0.6) is 0 Å². The van der Waals surface area contributed by atoms with Crippen LogP contribution in [0, 0.1) is 0 Å². The van der Waals surface area contributed by atoms with Gasteiger partial charge in [-0.25, -0.2) is 4.98 Å². The first-order chi connectivity index (χ1) is 7.61. The van der Waals surface area contributed by atoms with Gasteiger partial charge in [-0.15, -0.1) is 0 Å². The Kier molecular flexibility index (Phi) is 4.87. The maximum absolute atomic E-state index is 10.4. The maximum atomic E-state index is 10.4. The van der Waals surface area contributed by atoms with Crippen molar-refractivity contribution in [2.75, 3.05) is 6.54 Å². The second-order valence-corrected chi connectivity index (χ2v) is 3.56. The largest absolute Gasteiger partial charge is 0.480 e. The lowest BCUT2D eigenvalue weighted by atomic mass is 10.2. The van der Waals surface area contributed by atoms with E-state index < -0.39 is 12.0 Å². The number of nitrogens with zero attached hydrogens (tertiary/aromatic N) is 3. The molecule has 0 bridgehead atoms. The van der Waals surface area contributed by atoms with Crippen molar-refractivity contribution in [1.29, 1.82) is 0 Å². The fraction of sp³-hybridized carbons (Fsp3) is 0.667. The van der Waals surface area contributed by atoms with Crippen LogP contribution in [0.4, 0.5) is 0 Å². The molecule has 0 spiro atoms. The summed E-state index contributed by atoms with van der Waals surface area (Å²) in [7, 11) is 1.82. The number of rotatable bonds is 7. The predicted octanol–water partition coefficient (Wildman–Crippen LogP) is -0.903. The van der Waals surface area contributed by atoms with E-state index in [2.05, 4.69) is 15.4 Å². The number of aryl methyl sites for hydroxylation is 1. The first-order valence-electron chi connectivity index (χ1n) is 5.13. The van der Waals surface area contributed by atoms with E-state index in [4.69, 9.17) is 10.8 Å². The van der Waals surface area contributed by atoms with Crippen LogP contribution < -0.4 is 11.1 Å². The molecule has 1 heterocycles. The zero-order chi connectivity index (χ0) is 12.0. The highest BCUT2D eigenvalue weighted by Crippen LogP contribution is 1.94. The fourth-order valence-corrected chi connectivity index (χ4v) is 1.25. The molecule has 1 atom stereocenters. The Labute approximate surface area is 93.7 Å². The van der Waals surface area contributed by atoms with E-state index in [1.54, 1.807) is 4.68 Å². The van der Waals surface area contributed by atoms with Gasteiger partial charge in [0.05, 0.1) is 6.54 Å². The zero-order valence-electron chi connectivity index (χ0n) is 9.26. The number of hydrogen-bond acceptors (Lipinski definition) is 5. The van der Waals surface area contributed by atoms with Gasteiger partial charge in [0.1, 0.15) is 18.2 Å². The third-order valence-corrected chi connectivity index (χ3v) is 2.27. The molecule has 1 rings (SSSR count). The van der Waals surface area contributed by atoms with Gasteiger partial charge in [0.25, 0.3) is 0 Å². The minimum atomic E-state index is -0.951. The summed E-state index contributed by atoms with van der Waals surface area (Å²) in [6.45, 7) is 1.34. The third kappa shape index (κ3) is 3.95. The Balaban J connectivity index is 2.09. The molecule has 0 aliphatic rings. The van der Waals surface area contributed by atoms with Crippen LogP contribution in [0.15, 0.2) is 6.33 Å². The van der Waals surface area contributed by atoms with Crippen molar-refractivity contribution >= 4 is 5.97 Å². The predicted molar refractivity (Wildman–Crippen MR) is 57.6 cm³/mol. The number of carboxylic acid groups (broad SMARTS) is 1. The van der Waals surface area contributed by atoms with E-state index in [0.29, 0.717) is 19.5 Å². The van der Waals surface area contributed by atoms with E-state index in [9.17, 15) is 4.79 Å². The normalized spacial score (nSPS) is 12.6. The van der Waals surface area contributed by atoms with Gasteiger partial charge in [-0.05, 0) is 19.4 Å². The quantitative estimate of drug-likeness (QED) is 0.521. The molecule has 7 heteroatoms. The molecular formula is C9H17N5O2. The number of carboxylic acids is 1. The smallest absolute Gasteiger partial charge is 0.320 e. The van der Waals surface area contributed by atoms with Crippen LogP contribution in [0.25, 0.3) is 0 Å². The van der Waals surface area contributed by atoms with Gasteiger partial charge in [0.15, 0.2) is 0 Å². The van der Waals surface area contributed by atoms with Gasteiger partial charge in [0.2, 0.25) is 0 Å². The van der Waals surface area contributed by atoms with Crippen molar-refractivity contribution in [2.24, 2.45) is 12.8 Å². The highest BCUT2D eigenvalue weighted by molar-refractivity contribution is 5.72. The molecule has 7 nitrogen and oxygen atoms in total. The second kappa shape index (κ2) is 6.19. The van der Waals surface area contributed by atoms with E-state index >= 15 is 0 Å². The van der Waals surface area contributed by atoms with Crippen molar-refractivity contribution in [1.82, 2.24) is 20.1 Å². The van der Waals surface area contributed by atoms with Crippen LogP contribution in [0.1, 0.15) is 18.7 Å². The molecule has 0 amide bonds. The molecule has 4 N–H and O–H groups in total. The summed E-state index contributed by atoms with van der Waals surface area (Å²) < 4.78 is 1.69. The van der Waals surface area contributed by atoms with Crippen LogP contribution in [0.3, 0.4) is 0 Å². The maximum Gasteiger partial charge on any atom is 0.320 e. The Morgan fingerprint density at radius 3 is 3.06 bits per heavy atom. The first kappa shape index (κ1) is 12.6. The standard InChI is InChI=1S/C9H17N5O2/c1-14-8(12-6-13-14)5-11-4-2-3-7(10)9(15)16/h6-7,11H,2-5,10H2,1H3,(H,15,16)/t7-/m0/s1. The topological polar surface area (TPSA) is 106 Å². The molecule has 0 aromatic carbocycles. The molecule has 0 fully saturated rings. The van der Waals surface area contributed by atoms with Crippen LogP contribution in [0.2, 0.25) is 0 Å². The van der Waals surface area contributed by atoms with E-state index in [1.807, 2.05) is 7.05 Å². The summed E-state index contributed by atoms with van der Waals surface area (Å²) in [4.78, 5) is 14.5. The monoisotopic (exact) mass is 227 g/mol. The number of aliphatic carboxylic acids is 1. The van der Waals surface area contributed by atoms with Crippen molar-refractivity contribution in [3.8, 4) is 0 Å². The summed E-state index contributed by atoms with van der Waals surface area (Å²) in [6, 6.07) is -0.767. The van der Waals surface area contributed by atoms with E-state index in [1.165, 1.54) is 6.33 Å². The molecule has 0 saturated carbocycles. The third-order valence-electron chi connectivity index (χ3n) is 2.27. The van der Waals surface area contributed by atoms with Crippen molar-refractivity contribution in [2.45, 2.75) is 25.4 Å². The number of carbonyl (C=O) groups is 1. The van der Waals surface area contributed by atoms with Crippen molar-refractivity contribution < 1.29 is 9.90 Å². The summed E-state index contributed by atoms with van der Waals surface area (Å²) in [5.74, 6) is -0.101. The Hall–Kier alpha value is -1.47. The highest BCUT2D eigenvalue weighted by Gasteiger charge is 2.09. The molecular weight excluding hydrogens is 210 g/mol. The van der Waals surface area contributed by atoms with E-state index in [0.717, 1.165) is 12.2 Å². The number of hydrogen-bond donors (Lipinski definition) is 3. The molecule has 0 unspecified atom stereocenters. The number of nitrogens with one attached hydrogen (secondary N) is 1. The Bertz CT molecular complexity index is 338. The lowest BCUT2D eigenvalue weighted by molar-refractivity contribution is -0.138. The molecule has 0 aliphatic carbocycles. The van der Waals surface area contributed by atoms with Crippen LogP contribution in [-0.2, 0) is 18.4 Å². The van der Waals surface area contributed by atoms with Crippen molar-refractivity contribution in [3.05, 3.63) is 12.2 Å². The second-order valence-electron chi connectivity index (χ2n) is 3.56. The van der Waals surface area contributed by atoms with Gasteiger partial charge in [0, 0.05) is 7.05 Å². The lowest BCUT2D eigenvalue weighted by Crippen LogP contribution is -2.31. The molecule has 0 radical (unpaired) electrons. The summed E-state index contributed by atoms with van der Waals surface area (Å²) in [6.07, 6.45) is 2.70. The van der Waals surface area contributed by atoms with Gasteiger partial charge in [-0.1, -0.05) is 0 Å². The van der Waals surface area contributed by atoms with Gasteiger partial charge in [-0.2, -0.15) is 5.10 Å². The van der Waals surface area contributed by atoms with E-state index in [-0.39, 0.29) is 0 Å². The highest BCUT2D eigenvalue weighted by atomic mass is 16.4. The van der Waals surface area contributed by atoms with Crippen LogP contribution in [-0.4, -0.2) is 38.4 Å². The summed E-state index contributed by atoms with van der Waals surface area (Å²) in [5, 5.41) is 15.6. The lowest BCUT2D eigenvalue weighted by Gasteiger charge is -2.06. The minimum Gasteiger partial charge on any atom is -0.480 e. The summed E-state index contributed by atoms with van der Waals surface area (Å²) >= 11 is 0. The first-order valence-corrected chi connectivity index (χ1v) is 5.13. The van der Waals surface area contributed by atoms with Gasteiger partial charge >= 0.3 is 5.97 Å². The van der Waals surface area contributed by atoms with Crippen LogP contribution >= 0.6 is 0 Å². The van der Waals surface area contributed by atoms with Crippen molar-refractivity contribution in [3.63, 3.8) is 0 Å². The minimum absolute atomic E-state index is 0.473. The average Bonchev–Trinajstić information content (AvgIpc) is 2.63. The van der Waals surface area contributed by atoms with Gasteiger partial charge < -0.3 is 16.2 Å². The zero-order valence-corrected chi connectivity index (χ0v) is 9.26. The molecule has 1 aromatic rings. The Morgan fingerprint density at radius 1 is 1.75 bits per heavy atom. The number of aromatic nitrogens is 3. The SMILES string of the molecule is Cn1ncnc1CNCCC[C@H](N)C(=O)O. The summed E-state index contributed by atoms with van der Waals surface area (Å²) in [5.41, 5.74) is 5.36. The number of nitrogens with two attached hydrogens (primary N) is 1. The van der Waals surface area contributed by atoms with Gasteiger partial charge in [-0.3, -0.25) is 9.48 Å².